The molecule has 1 N–H and O–H groups in total. The van der Waals surface area contributed by atoms with Crippen molar-refractivity contribution in [3.8, 4) is 5.75 Å². The van der Waals surface area contributed by atoms with Gasteiger partial charge in [0.25, 0.3) is 0 Å². The summed E-state index contributed by atoms with van der Waals surface area (Å²) < 4.78 is 0. The first-order valence-corrected chi connectivity index (χ1v) is 5.18. The molecule has 0 amide bonds. The van der Waals surface area contributed by atoms with E-state index in [4.69, 9.17) is 0 Å². The van der Waals surface area contributed by atoms with Crippen molar-refractivity contribution < 1.29 is 9.90 Å². The number of phenols is 1. The molecular formula is C13H18O2. The van der Waals surface area contributed by atoms with Gasteiger partial charge < -0.3 is 9.90 Å². The number of hydrogen-bond acceptors (Lipinski definition) is 2. The monoisotopic (exact) mass is 206 g/mol. The lowest BCUT2D eigenvalue weighted by molar-refractivity contribution is -0.108. The molecule has 0 aromatic heterocycles. The summed E-state index contributed by atoms with van der Waals surface area (Å²) in [7, 11) is 0. The summed E-state index contributed by atoms with van der Waals surface area (Å²) in [5, 5.41) is 9.75. The molecule has 0 saturated heterocycles. The second kappa shape index (κ2) is 4.47. The van der Waals surface area contributed by atoms with Crippen molar-refractivity contribution in [1.82, 2.24) is 0 Å². The van der Waals surface area contributed by atoms with Crippen LogP contribution in [0.4, 0.5) is 0 Å². The molecule has 0 bridgehead atoms. The van der Waals surface area contributed by atoms with Gasteiger partial charge in [0.05, 0.1) is 0 Å². The topological polar surface area (TPSA) is 37.3 Å². The molecular weight excluding hydrogens is 188 g/mol. The molecule has 0 fully saturated rings. The lowest BCUT2D eigenvalue weighted by Gasteiger charge is -2.30. The number of benzene rings is 1. The number of phenolic OH excluding ortho intramolecular Hbond substituents is 1. The Morgan fingerprint density at radius 1 is 1.33 bits per heavy atom. The van der Waals surface area contributed by atoms with E-state index in [-0.39, 0.29) is 17.1 Å². The molecule has 1 aromatic rings. The van der Waals surface area contributed by atoms with Gasteiger partial charge in [-0.15, -0.1) is 0 Å². The van der Waals surface area contributed by atoms with Crippen LogP contribution in [0.5, 0.6) is 5.75 Å². The first-order valence-electron chi connectivity index (χ1n) is 5.18. The van der Waals surface area contributed by atoms with E-state index in [0.29, 0.717) is 6.42 Å². The smallest absolute Gasteiger partial charge is 0.120 e. The average molecular weight is 206 g/mol. The Hall–Kier alpha value is -1.31. The number of rotatable bonds is 3. The lowest BCUT2D eigenvalue weighted by Crippen LogP contribution is -2.19. The predicted octanol–water partition coefficient (Wildman–Crippen LogP) is 3.11. The van der Waals surface area contributed by atoms with E-state index in [2.05, 4.69) is 20.8 Å². The molecule has 82 valence electrons. The van der Waals surface area contributed by atoms with Gasteiger partial charge in [0.2, 0.25) is 0 Å². The van der Waals surface area contributed by atoms with Crippen LogP contribution in [0.25, 0.3) is 0 Å². The highest BCUT2D eigenvalue weighted by molar-refractivity contribution is 5.53. The molecule has 1 rings (SSSR count). The molecule has 0 heterocycles. The molecule has 2 heteroatoms. The van der Waals surface area contributed by atoms with Crippen molar-refractivity contribution >= 4 is 6.29 Å². The van der Waals surface area contributed by atoms with Gasteiger partial charge in [-0.3, -0.25) is 0 Å². The number of aromatic hydroxyl groups is 1. The van der Waals surface area contributed by atoms with E-state index in [0.717, 1.165) is 11.8 Å². The fourth-order valence-electron chi connectivity index (χ4n) is 1.83. The SMILES string of the molecule is CC(C)(C)C(CC=O)c1ccccc1O. The van der Waals surface area contributed by atoms with Gasteiger partial charge in [-0.05, 0) is 23.0 Å². The molecule has 0 aliphatic rings. The molecule has 1 atom stereocenters. The molecule has 0 aliphatic heterocycles. The molecule has 1 unspecified atom stereocenters. The number of aldehydes is 1. The van der Waals surface area contributed by atoms with E-state index in [1.54, 1.807) is 12.1 Å². The van der Waals surface area contributed by atoms with Crippen LogP contribution in [-0.4, -0.2) is 11.4 Å². The van der Waals surface area contributed by atoms with E-state index in [9.17, 15) is 9.90 Å². The van der Waals surface area contributed by atoms with Crippen LogP contribution in [0.15, 0.2) is 24.3 Å². The van der Waals surface area contributed by atoms with Gasteiger partial charge in [-0.1, -0.05) is 39.0 Å². The lowest BCUT2D eigenvalue weighted by atomic mass is 9.74. The van der Waals surface area contributed by atoms with Crippen molar-refractivity contribution in [1.29, 1.82) is 0 Å². The highest BCUT2D eigenvalue weighted by Crippen LogP contribution is 2.40. The Bertz CT molecular complexity index is 337. The molecule has 0 spiro atoms. The van der Waals surface area contributed by atoms with Crippen LogP contribution >= 0.6 is 0 Å². The Morgan fingerprint density at radius 3 is 2.40 bits per heavy atom. The van der Waals surface area contributed by atoms with Crippen LogP contribution < -0.4 is 0 Å². The molecule has 0 saturated carbocycles. The second-order valence-corrected chi connectivity index (χ2v) is 4.88. The fourth-order valence-corrected chi connectivity index (χ4v) is 1.83. The highest BCUT2D eigenvalue weighted by atomic mass is 16.3. The van der Waals surface area contributed by atoms with Gasteiger partial charge in [0.1, 0.15) is 12.0 Å². The van der Waals surface area contributed by atoms with Crippen molar-refractivity contribution in [3.63, 3.8) is 0 Å². The van der Waals surface area contributed by atoms with E-state index >= 15 is 0 Å². The van der Waals surface area contributed by atoms with Crippen molar-refractivity contribution in [3.05, 3.63) is 29.8 Å². The molecule has 0 radical (unpaired) electrons. The summed E-state index contributed by atoms with van der Waals surface area (Å²) in [6.07, 6.45) is 1.36. The quantitative estimate of drug-likeness (QED) is 0.771. The maximum absolute atomic E-state index is 10.7. The number of hydrogen-bond donors (Lipinski definition) is 1. The molecule has 15 heavy (non-hydrogen) atoms. The van der Waals surface area contributed by atoms with E-state index in [1.165, 1.54) is 0 Å². The first-order chi connectivity index (χ1) is 6.96. The van der Waals surface area contributed by atoms with Gasteiger partial charge in [-0.25, -0.2) is 0 Å². The minimum absolute atomic E-state index is 0.0280. The van der Waals surface area contributed by atoms with Crippen LogP contribution in [0.3, 0.4) is 0 Å². The molecule has 0 aliphatic carbocycles. The zero-order chi connectivity index (χ0) is 11.5. The maximum Gasteiger partial charge on any atom is 0.120 e. The zero-order valence-corrected chi connectivity index (χ0v) is 9.53. The number of para-hydroxylation sites is 1. The summed E-state index contributed by atoms with van der Waals surface area (Å²) in [5.41, 5.74) is 0.830. The molecule has 1 aromatic carbocycles. The zero-order valence-electron chi connectivity index (χ0n) is 9.53. The fraction of sp³-hybridized carbons (Fsp3) is 0.462. The third-order valence-electron chi connectivity index (χ3n) is 2.69. The van der Waals surface area contributed by atoms with Crippen LogP contribution in [0.1, 0.15) is 38.7 Å². The van der Waals surface area contributed by atoms with Gasteiger partial charge in [-0.2, -0.15) is 0 Å². The highest BCUT2D eigenvalue weighted by Gasteiger charge is 2.27. The summed E-state index contributed by atoms with van der Waals surface area (Å²) in [4.78, 5) is 10.7. The van der Waals surface area contributed by atoms with Crippen LogP contribution in [0, 0.1) is 5.41 Å². The number of carbonyl (C=O) groups excluding carboxylic acids is 1. The van der Waals surface area contributed by atoms with Gasteiger partial charge in [0, 0.05) is 6.42 Å². The second-order valence-electron chi connectivity index (χ2n) is 4.88. The Balaban J connectivity index is 3.10. The van der Waals surface area contributed by atoms with E-state index < -0.39 is 0 Å². The predicted molar refractivity (Wildman–Crippen MR) is 61.0 cm³/mol. The van der Waals surface area contributed by atoms with Crippen LogP contribution in [0.2, 0.25) is 0 Å². The standard InChI is InChI=1S/C13H18O2/c1-13(2,3)11(8-9-14)10-6-4-5-7-12(10)15/h4-7,9,11,15H,8H2,1-3H3. The summed E-state index contributed by atoms with van der Waals surface area (Å²) in [6.45, 7) is 6.23. The maximum atomic E-state index is 10.7. The third kappa shape index (κ3) is 2.82. The minimum Gasteiger partial charge on any atom is -0.508 e. The summed E-state index contributed by atoms with van der Waals surface area (Å²) >= 11 is 0. The van der Waals surface area contributed by atoms with Crippen molar-refractivity contribution in [2.24, 2.45) is 5.41 Å². The minimum atomic E-state index is -0.0280. The average Bonchev–Trinajstić information content (AvgIpc) is 2.14. The first kappa shape index (κ1) is 11.8. The van der Waals surface area contributed by atoms with Crippen molar-refractivity contribution in [2.45, 2.75) is 33.1 Å². The summed E-state index contributed by atoms with van der Waals surface area (Å²) in [5.74, 6) is 0.343. The summed E-state index contributed by atoms with van der Waals surface area (Å²) in [6, 6.07) is 7.23. The Labute approximate surface area is 90.9 Å². The largest absolute Gasteiger partial charge is 0.508 e. The normalized spacial score (nSPS) is 13.5. The van der Waals surface area contributed by atoms with E-state index in [1.807, 2.05) is 12.1 Å². The number of carbonyl (C=O) groups is 1. The third-order valence-corrected chi connectivity index (χ3v) is 2.69. The van der Waals surface area contributed by atoms with Crippen molar-refractivity contribution in [2.75, 3.05) is 0 Å². The Morgan fingerprint density at radius 2 is 1.93 bits per heavy atom. The van der Waals surface area contributed by atoms with Crippen LogP contribution in [-0.2, 0) is 4.79 Å². The Kier molecular flexibility index (Phi) is 3.51. The van der Waals surface area contributed by atoms with Gasteiger partial charge >= 0.3 is 0 Å². The molecule has 2 nitrogen and oxygen atoms in total. The van der Waals surface area contributed by atoms with Gasteiger partial charge in [0.15, 0.2) is 0 Å².